The van der Waals surface area contributed by atoms with Crippen molar-refractivity contribution < 1.29 is 9.53 Å². The van der Waals surface area contributed by atoms with Gasteiger partial charge in [-0.3, -0.25) is 4.79 Å². The Morgan fingerprint density at radius 2 is 2.14 bits per heavy atom. The maximum atomic E-state index is 12.6. The molecule has 2 atom stereocenters. The van der Waals surface area contributed by atoms with Crippen molar-refractivity contribution in [3.8, 4) is 5.75 Å². The van der Waals surface area contributed by atoms with Crippen LogP contribution in [0.4, 0.5) is 0 Å². The van der Waals surface area contributed by atoms with Crippen LogP contribution in [0.5, 0.6) is 5.75 Å². The molecule has 2 aliphatic rings. The fourth-order valence-corrected chi connectivity index (χ4v) is 3.72. The van der Waals surface area contributed by atoms with Crippen molar-refractivity contribution in [2.45, 2.75) is 25.7 Å². The monoisotopic (exact) mass is 324 g/mol. The molecule has 1 aliphatic carbocycles. The van der Waals surface area contributed by atoms with Gasteiger partial charge in [0.2, 0.25) is 5.91 Å². The Bertz CT molecular complexity index is 483. The molecule has 22 heavy (non-hydrogen) atoms. The second-order valence-corrected chi connectivity index (χ2v) is 6.15. The molecular weight excluding hydrogens is 300 g/mol. The summed E-state index contributed by atoms with van der Waals surface area (Å²) in [5, 5.41) is 6.49. The number of nitrogens with one attached hydrogen (secondary N) is 2. The summed E-state index contributed by atoms with van der Waals surface area (Å²) in [5.41, 5.74) is -0.162. The first-order valence-electron chi connectivity index (χ1n) is 7.98. The summed E-state index contributed by atoms with van der Waals surface area (Å²) in [6.45, 7) is 2.92. The van der Waals surface area contributed by atoms with E-state index in [9.17, 15) is 4.79 Å². The molecule has 0 unspecified atom stereocenters. The summed E-state index contributed by atoms with van der Waals surface area (Å²) in [4.78, 5) is 12.6. The minimum absolute atomic E-state index is 0. The Morgan fingerprint density at radius 1 is 1.32 bits per heavy atom. The number of hydrogen-bond acceptors (Lipinski definition) is 3. The van der Waals surface area contributed by atoms with E-state index in [0.29, 0.717) is 19.1 Å². The van der Waals surface area contributed by atoms with Crippen LogP contribution < -0.4 is 15.4 Å². The standard InChI is InChI=1S/C17H24N2O2.ClH/c20-16(17-9-5-4-6-14(17)12-18-13-17)19-10-11-21-15-7-2-1-3-8-15;/h1-3,7-8,14,18H,4-6,9-13H2,(H,19,20);1H/t14-,17+;/m0./s1. The lowest BCUT2D eigenvalue weighted by atomic mass is 9.67. The highest BCUT2D eigenvalue weighted by atomic mass is 35.5. The summed E-state index contributed by atoms with van der Waals surface area (Å²) in [7, 11) is 0. The third-order valence-corrected chi connectivity index (χ3v) is 4.89. The topological polar surface area (TPSA) is 50.4 Å². The first-order valence-corrected chi connectivity index (χ1v) is 7.98. The number of fused-ring (bicyclic) bond motifs is 1. The number of halogens is 1. The van der Waals surface area contributed by atoms with E-state index in [1.54, 1.807) is 0 Å². The summed E-state index contributed by atoms with van der Waals surface area (Å²) in [6.07, 6.45) is 4.64. The lowest BCUT2D eigenvalue weighted by Gasteiger charge is -2.37. The van der Waals surface area contributed by atoms with Crippen LogP contribution in [-0.2, 0) is 4.79 Å². The van der Waals surface area contributed by atoms with E-state index in [0.717, 1.165) is 25.3 Å². The van der Waals surface area contributed by atoms with Gasteiger partial charge >= 0.3 is 0 Å². The van der Waals surface area contributed by atoms with Crippen molar-refractivity contribution in [2.24, 2.45) is 11.3 Å². The number of para-hydroxylation sites is 1. The van der Waals surface area contributed by atoms with E-state index >= 15 is 0 Å². The van der Waals surface area contributed by atoms with Crippen LogP contribution in [0.15, 0.2) is 30.3 Å². The molecule has 1 saturated heterocycles. The highest BCUT2D eigenvalue weighted by molar-refractivity contribution is 5.85. The smallest absolute Gasteiger partial charge is 0.227 e. The maximum absolute atomic E-state index is 12.6. The highest BCUT2D eigenvalue weighted by Gasteiger charge is 2.49. The summed E-state index contributed by atoms with van der Waals surface area (Å²) >= 11 is 0. The van der Waals surface area contributed by atoms with Crippen LogP contribution in [0, 0.1) is 11.3 Å². The van der Waals surface area contributed by atoms with Gasteiger partial charge in [0.05, 0.1) is 12.0 Å². The van der Waals surface area contributed by atoms with Gasteiger partial charge in [0.1, 0.15) is 12.4 Å². The van der Waals surface area contributed by atoms with Gasteiger partial charge in [-0.25, -0.2) is 0 Å². The van der Waals surface area contributed by atoms with Crippen molar-refractivity contribution in [1.29, 1.82) is 0 Å². The lowest BCUT2D eigenvalue weighted by Crippen LogP contribution is -2.48. The molecule has 4 nitrogen and oxygen atoms in total. The molecule has 1 saturated carbocycles. The van der Waals surface area contributed by atoms with Gasteiger partial charge in [-0.1, -0.05) is 31.0 Å². The third kappa shape index (κ3) is 3.55. The zero-order valence-corrected chi connectivity index (χ0v) is 13.7. The normalized spacial score (nSPS) is 26.6. The molecule has 0 spiro atoms. The molecule has 5 heteroatoms. The minimum Gasteiger partial charge on any atom is -0.492 e. The Kier molecular flexibility index (Phi) is 6.09. The SMILES string of the molecule is Cl.O=C(NCCOc1ccccc1)[C@@]12CCCC[C@H]1CNC2. The molecule has 1 aromatic rings. The number of hydrogen-bond donors (Lipinski definition) is 2. The number of benzene rings is 1. The van der Waals surface area contributed by atoms with Gasteiger partial charge in [0.15, 0.2) is 0 Å². The van der Waals surface area contributed by atoms with Crippen molar-refractivity contribution in [3.05, 3.63) is 30.3 Å². The first-order chi connectivity index (χ1) is 10.3. The second kappa shape index (κ2) is 7.84. The molecule has 0 bridgehead atoms. The van der Waals surface area contributed by atoms with Crippen LogP contribution in [-0.4, -0.2) is 32.1 Å². The van der Waals surface area contributed by atoms with Gasteiger partial charge in [0, 0.05) is 6.54 Å². The number of ether oxygens (including phenoxy) is 1. The number of rotatable bonds is 5. The average Bonchev–Trinajstić information content (AvgIpc) is 2.97. The van der Waals surface area contributed by atoms with Crippen LogP contribution in [0.3, 0.4) is 0 Å². The van der Waals surface area contributed by atoms with E-state index in [1.165, 1.54) is 19.3 Å². The molecule has 1 aliphatic heterocycles. The molecule has 1 heterocycles. The van der Waals surface area contributed by atoms with Crippen molar-refractivity contribution >= 4 is 18.3 Å². The zero-order valence-electron chi connectivity index (χ0n) is 12.8. The summed E-state index contributed by atoms with van der Waals surface area (Å²) in [6, 6.07) is 9.72. The number of amides is 1. The highest BCUT2D eigenvalue weighted by Crippen LogP contribution is 2.43. The van der Waals surface area contributed by atoms with Gasteiger partial charge in [-0.05, 0) is 37.4 Å². The molecule has 1 amide bonds. The van der Waals surface area contributed by atoms with E-state index in [-0.39, 0.29) is 23.7 Å². The Labute approximate surface area is 138 Å². The fraction of sp³-hybridized carbons (Fsp3) is 0.588. The van der Waals surface area contributed by atoms with Crippen molar-refractivity contribution in [1.82, 2.24) is 10.6 Å². The lowest BCUT2D eigenvalue weighted by molar-refractivity contribution is -0.134. The molecule has 0 aromatic heterocycles. The molecule has 122 valence electrons. The van der Waals surface area contributed by atoms with E-state index in [2.05, 4.69) is 10.6 Å². The van der Waals surface area contributed by atoms with Crippen LogP contribution in [0.2, 0.25) is 0 Å². The fourth-order valence-electron chi connectivity index (χ4n) is 3.72. The van der Waals surface area contributed by atoms with Crippen LogP contribution in [0.1, 0.15) is 25.7 Å². The number of carbonyl (C=O) groups excluding carboxylic acids is 1. The van der Waals surface area contributed by atoms with E-state index in [1.807, 2.05) is 30.3 Å². The zero-order chi connectivity index (χ0) is 14.5. The van der Waals surface area contributed by atoms with Gasteiger partial charge in [-0.15, -0.1) is 12.4 Å². The van der Waals surface area contributed by atoms with Crippen molar-refractivity contribution in [2.75, 3.05) is 26.2 Å². The number of carbonyl (C=O) groups is 1. The van der Waals surface area contributed by atoms with Crippen LogP contribution in [0.25, 0.3) is 0 Å². The molecular formula is C17H25ClN2O2. The van der Waals surface area contributed by atoms with Gasteiger partial charge in [0.25, 0.3) is 0 Å². The molecule has 0 radical (unpaired) electrons. The maximum Gasteiger partial charge on any atom is 0.227 e. The molecule has 2 N–H and O–H groups in total. The predicted molar refractivity (Wildman–Crippen MR) is 89.5 cm³/mol. The van der Waals surface area contributed by atoms with E-state index in [4.69, 9.17) is 4.74 Å². The Morgan fingerprint density at radius 3 is 2.95 bits per heavy atom. The summed E-state index contributed by atoms with van der Waals surface area (Å²) in [5.74, 6) is 1.58. The first kappa shape index (κ1) is 17.1. The average molecular weight is 325 g/mol. The van der Waals surface area contributed by atoms with Crippen LogP contribution >= 0.6 is 12.4 Å². The van der Waals surface area contributed by atoms with Gasteiger partial charge in [-0.2, -0.15) is 0 Å². The summed E-state index contributed by atoms with van der Waals surface area (Å²) < 4.78 is 5.62. The molecule has 2 fully saturated rings. The van der Waals surface area contributed by atoms with Gasteiger partial charge < -0.3 is 15.4 Å². The predicted octanol–water partition coefficient (Wildman–Crippen LogP) is 2.38. The quantitative estimate of drug-likeness (QED) is 0.818. The third-order valence-electron chi connectivity index (χ3n) is 4.89. The van der Waals surface area contributed by atoms with Crippen molar-refractivity contribution in [3.63, 3.8) is 0 Å². The molecule has 1 aromatic carbocycles. The second-order valence-electron chi connectivity index (χ2n) is 6.15. The molecule has 3 rings (SSSR count). The Balaban J connectivity index is 0.00000176. The Hall–Kier alpha value is -1.26. The largest absolute Gasteiger partial charge is 0.492 e. The van der Waals surface area contributed by atoms with E-state index < -0.39 is 0 Å². The minimum atomic E-state index is -0.162.